The normalized spacial score (nSPS) is 24.8. The summed E-state index contributed by atoms with van der Waals surface area (Å²) >= 11 is 11.7. The third kappa shape index (κ3) is 3.12. The quantitative estimate of drug-likeness (QED) is 0.922. The van der Waals surface area contributed by atoms with Gasteiger partial charge in [-0.3, -0.25) is 0 Å². The second-order valence-electron chi connectivity index (χ2n) is 5.21. The summed E-state index contributed by atoms with van der Waals surface area (Å²) in [5.74, 6) is 0.490. The molecule has 1 aromatic carbocycles. The molecule has 1 fully saturated rings. The van der Waals surface area contributed by atoms with Gasteiger partial charge < -0.3 is 5.73 Å². The van der Waals surface area contributed by atoms with Crippen LogP contribution in [0.15, 0.2) is 23.1 Å². The fourth-order valence-electron chi connectivity index (χ4n) is 2.53. The zero-order valence-corrected chi connectivity index (χ0v) is 13.5. The lowest BCUT2D eigenvalue weighted by atomic mass is 9.94. The molecule has 1 aliphatic heterocycles. The fraction of sp³-hybridized carbons (Fsp3) is 0.538. The molecule has 0 amide bonds. The second kappa shape index (κ2) is 6.20. The molecule has 1 aliphatic rings. The minimum atomic E-state index is -3.58. The molecule has 1 saturated heterocycles. The molecule has 4 nitrogen and oxygen atoms in total. The number of nitrogens with zero attached hydrogens (tertiary/aromatic N) is 1. The summed E-state index contributed by atoms with van der Waals surface area (Å²) in [4.78, 5) is 0.167. The predicted molar refractivity (Wildman–Crippen MR) is 81.6 cm³/mol. The maximum atomic E-state index is 12.7. The number of sulfonamides is 1. The zero-order chi connectivity index (χ0) is 14.9. The molecule has 2 atom stereocenters. The van der Waals surface area contributed by atoms with Gasteiger partial charge in [0.25, 0.3) is 0 Å². The Hall–Kier alpha value is -0.330. The molecule has 7 heteroatoms. The van der Waals surface area contributed by atoms with Crippen LogP contribution in [0.5, 0.6) is 0 Å². The van der Waals surface area contributed by atoms with Crippen molar-refractivity contribution in [1.82, 2.24) is 4.31 Å². The maximum absolute atomic E-state index is 12.7. The predicted octanol–water partition coefficient (Wildman–Crippen LogP) is 2.74. The lowest BCUT2D eigenvalue weighted by Gasteiger charge is -2.36. The van der Waals surface area contributed by atoms with Crippen LogP contribution in [0.1, 0.15) is 19.8 Å². The van der Waals surface area contributed by atoms with Gasteiger partial charge in [-0.2, -0.15) is 4.31 Å². The average molecular weight is 337 g/mol. The van der Waals surface area contributed by atoms with E-state index in [9.17, 15) is 8.42 Å². The Labute approximate surface area is 129 Å². The van der Waals surface area contributed by atoms with Gasteiger partial charge in [-0.1, -0.05) is 30.1 Å². The first kappa shape index (κ1) is 16.0. The maximum Gasteiger partial charge on any atom is 0.243 e. The Morgan fingerprint density at radius 3 is 2.65 bits per heavy atom. The van der Waals surface area contributed by atoms with Crippen LogP contribution in [-0.4, -0.2) is 31.9 Å². The molecule has 1 aromatic rings. The third-order valence-electron chi connectivity index (χ3n) is 3.69. The van der Waals surface area contributed by atoms with Crippen molar-refractivity contribution in [2.75, 3.05) is 13.1 Å². The average Bonchev–Trinajstić information content (AvgIpc) is 2.41. The monoisotopic (exact) mass is 336 g/mol. The van der Waals surface area contributed by atoms with Crippen molar-refractivity contribution in [3.8, 4) is 0 Å². The molecule has 2 rings (SSSR count). The van der Waals surface area contributed by atoms with Gasteiger partial charge in [-0.15, -0.1) is 0 Å². The van der Waals surface area contributed by atoms with Crippen LogP contribution in [0.3, 0.4) is 0 Å². The summed E-state index contributed by atoms with van der Waals surface area (Å²) < 4.78 is 26.9. The molecule has 0 saturated carbocycles. The zero-order valence-electron chi connectivity index (χ0n) is 11.2. The van der Waals surface area contributed by atoms with E-state index < -0.39 is 10.0 Å². The molecule has 0 aromatic heterocycles. The van der Waals surface area contributed by atoms with Gasteiger partial charge in [0.1, 0.15) is 0 Å². The Bertz CT molecular complexity index is 592. The number of rotatable bonds is 3. The van der Waals surface area contributed by atoms with Crippen LogP contribution < -0.4 is 5.73 Å². The highest BCUT2D eigenvalue weighted by molar-refractivity contribution is 7.89. The van der Waals surface area contributed by atoms with Crippen molar-refractivity contribution in [2.45, 2.75) is 30.7 Å². The summed E-state index contributed by atoms with van der Waals surface area (Å²) in [5.41, 5.74) is 5.73. The van der Waals surface area contributed by atoms with E-state index >= 15 is 0 Å². The van der Waals surface area contributed by atoms with E-state index in [2.05, 4.69) is 6.92 Å². The number of piperidine rings is 1. The minimum Gasteiger partial charge on any atom is -0.329 e. The van der Waals surface area contributed by atoms with Gasteiger partial charge >= 0.3 is 0 Å². The smallest absolute Gasteiger partial charge is 0.243 e. The molecular weight excluding hydrogens is 319 g/mol. The largest absolute Gasteiger partial charge is 0.329 e. The van der Waals surface area contributed by atoms with E-state index in [1.165, 1.54) is 22.5 Å². The van der Waals surface area contributed by atoms with Crippen molar-refractivity contribution in [1.29, 1.82) is 0 Å². The standard InChI is InChI=1S/C13H18Cl2N2O2S/c1-9-4-5-17(10(6-9)8-16)20(18,19)11-2-3-12(14)13(15)7-11/h2-3,7,9-10H,4-6,8,16H2,1H3. The lowest BCUT2D eigenvalue weighted by Crippen LogP contribution is -2.49. The summed E-state index contributed by atoms with van der Waals surface area (Å²) in [6, 6.07) is 4.22. The van der Waals surface area contributed by atoms with E-state index in [1.807, 2.05) is 0 Å². The number of benzene rings is 1. The highest BCUT2D eigenvalue weighted by Crippen LogP contribution is 2.31. The van der Waals surface area contributed by atoms with Crippen molar-refractivity contribution >= 4 is 33.2 Å². The first-order chi connectivity index (χ1) is 9.36. The van der Waals surface area contributed by atoms with Gasteiger partial charge in [-0.05, 0) is 37.0 Å². The van der Waals surface area contributed by atoms with Gasteiger partial charge in [0.2, 0.25) is 10.0 Å². The highest BCUT2D eigenvalue weighted by atomic mass is 35.5. The van der Waals surface area contributed by atoms with E-state index in [-0.39, 0.29) is 16.0 Å². The van der Waals surface area contributed by atoms with Crippen molar-refractivity contribution in [3.05, 3.63) is 28.2 Å². The van der Waals surface area contributed by atoms with Crippen LogP contribution in [0.4, 0.5) is 0 Å². The third-order valence-corrected chi connectivity index (χ3v) is 6.38. The fourth-order valence-corrected chi connectivity index (χ4v) is 4.58. The number of nitrogens with two attached hydrogens (primary N) is 1. The Morgan fingerprint density at radius 2 is 2.05 bits per heavy atom. The van der Waals surface area contributed by atoms with Crippen LogP contribution >= 0.6 is 23.2 Å². The highest BCUT2D eigenvalue weighted by Gasteiger charge is 2.35. The van der Waals surface area contributed by atoms with Crippen molar-refractivity contribution in [3.63, 3.8) is 0 Å². The molecule has 2 unspecified atom stereocenters. The molecule has 2 N–H and O–H groups in total. The number of halogens is 2. The lowest BCUT2D eigenvalue weighted by molar-refractivity contribution is 0.211. The molecule has 0 radical (unpaired) electrons. The first-order valence-electron chi connectivity index (χ1n) is 6.53. The molecule has 1 heterocycles. The van der Waals surface area contributed by atoms with Gasteiger partial charge in [-0.25, -0.2) is 8.42 Å². The van der Waals surface area contributed by atoms with Gasteiger partial charge in [0.05, 0.1) is 14.9 Å². The molecule has 0 spiro atoms. The molecule has 0 aliphatic carbocycles. The van der Waals surface area contributed by atoms with Gasteiger partial charge in [0.15, 0.2) is 0 Å². The Morgan fingerprint density at radius 1 is 1.35 bits per heavy atom. The Balaban J connectivity index is 2.35. The molecular formula is C13H18Cl2N2O2S. The molecule has 0 bridgehead atoms. The van der Waals surface area contributed by atoms with Crippen LogP contribution in [0.25, 0.3) is 0 Å². The first-order valence-corrected chi connectivity index (χ1v) is 8.73. The minimum absolute atomic E-state index is 0.154. The van der Waals surface area contributed by atoms with Crippen molar-refractivity contribution in [2.24, 2.45) is 11.7 Å². The SMILES string of the molecule is CC1CCN(S(=O)(=O)c2ccc(Cl)c(Cl)c2)C(CN)C1. The van der Waals surface area contributed by atoms with Crippen molar-refractivity contribution < 1.29 is 8.42 Å². The van der Waals surface area contributed by atoms with E-state index in [0.29, 0.717) is 24.0 Å². The van der Waals surface area contributed by atoms with Crippen LogP contribution in [-0.2, 0) is 10.0 Å². The van der Waals surface area contributed by atoms with Gasteiger partial charge in [0, 0.05) is 19.1 Å². The summed E-state index contributed by atoms with van der Waals surface area (Å²) in [5, 5.41) is 0.579. The Kier molecular flexibility index (Phi) is 4.97. The van der Waals surface area contributed by atoms with Crippen LogP contribution in [0, 0.1) is 5.92 Å². The summed E-state index contributed by atoms with van der Waals surface area (Å²) in [7, 11) is -3.58. The number of hydrogen-bond donors (Lipinski definition) is 1. The van der Waals surface area contributed by atoms with E-state index in [0.717, 1.165) is 12.8 Å². The van der Waals surface area contributed by atoms with Crippen LogP contribution in [0.2, 0.25) is 10.0 Å². The summed E-state index contributed by atoms with van der Waals surface area (Å²) in [6.07, 6.45) is 1.63. The molecule has 20 heavy (non-hydrogen) atoms. The topological polar surface area (TPSA) is 63.4 Å². The summed E-state index contributed by atoms with van der Waals surface area (Å²) in [6.45, 7) is 2.93. The molecule has 112 valence electrons. The number of hydrogen-bond acceptors (Lipinski definition) is 3. The van der Waals surface area contributed by atoms with E-state index in [1.54, 1.807) is 0 Å². The second-order valence-corrected chi connectivity index (χ2v) is 7.92. The van der Waals surface area contributed by atoms with E-state index in [4.69, 9.17) is 28.9 Å².